The molecular weight excluding hydrogens is 481 g/mol. The zero-order chi connectivity index (χ0) is 27.0. The van der Waals surface area contributed by atoms with Gasteiger partial charge in [-0.15, -0.1) is 0 Å². The highest BCUT2D eigenvalue weighted by Crippen LogP contribution is 2.41. The SMILES string of the molecule is CCOC(=O)c1cnn2ccc(NC(C)c3cc(F)cc4c3OC(C)(CNC(=O)OC(C)(C)C)C4)nc12. The van der Waals surface area contributed by atoms with Crippen LogP contribution < -0.4 is 15.4 Å². The Hall–Kier alpha value is -3.89. The Bertz CT molecular complexity index is 1330. The fourth-order valence-corrected chi connectivity index (χ4v) is 4.21. The van der Waals surface area contributed by atoms with Crippen LogP contribution in [0, 0.1) is 5.82 Å². The van der Waals surface area contributed by atoms with Gasteiger partial charge >= 0.3 is 12.1 Å². The number of anilines is 1. The molecule has 2 unspecified atom stereocenters. The summed E-state index contributed by atoms with van der Waals surface area (Å²) < 4.78 is 32.8. The van der Waals surface area contributed by atoms with E-state index >= 15 is 0 Å². The van der Waals surface area contributed by atoms with Gasteiger partial charge in [-0.05, 0) is 59.7 Å². The molecule has 2 aromatic heterocycles. The van der Waals surface area contributed by atoms with E-state index in [0.29, 0.717) is 34.8 Å². The first kappa shape index (κ1) is 26.2. The zero-order valence-electron chi connectivity index (χ0n) is 21.8. The van der Waals surface area contributed by atoms with E-state index in [1.807, 2.05) is 13.8 Å². The highest BCUT2D eigenvalue weighted by molar-refractivity contribution is 5.95. The van der Waals surface area contributed by atoms with Crippen molar-refractivity contribution in [2.75, 3.05) is 18.5 Å². The van der Waals surface area contributed by atoms with Gasteiger partial charge in [0.25, 0.3) is 0 Å². The maximum atomic E-state index is 14.6. The van der Waals surface area contributed by atoms with E-state index in [1.165, 1.54) is 22.8 Å². The molecule has 198 valence electrons. The molecule has 3 heterocycles. The Morgan fingerprint density at radius 2 is 2.08 bits per heavy atom. The minimum atomic E-state index is -0.773. The summed E-state index contributed by atoms with van der Waals surface area (Å²) >= 11 is 0. The number of halogens is 1. The van der Waals surface area contributed by atoms with Gasteiger partial charge in [0.15, 0.2) is 5.65 Å². The number of esters is 1. The van der Waals surface area contributed by atoms with Crippen LogP contribution in [0.5, 0.6) is 5.75 Å². The fraction of sp³-hybridized carbons (Fsp3) is 0.462. The van der Waals surface area contributed by atoms with Gasteiger partial charge in [-0.3, -0.25) is 0 Å². The van der Waals surface area contributed by atoms with Crippen molar-refractivity contribution >= 4 is 23.5 Å². The molecule has 1 aliphatic heterocycles. The standard InChI is InChI=1S/C26H32FN5O5/c1-7-35-23(33)19-13-29-32-9-8-20(31-22(19)32)30-15(2)18-11-17(27)10-16-12-26(6,36-21(16)18)14-28-24(34)37-25(3,4)5/h8-11,13,15H,7,12,14H2,1-6H3,(H,28,34)(H,30,31). The first-order chi connectivity index (χ1) is 17.4. The summed E-state index contributed by atoms with van der Waals surface area (Å²) in [7, 11) is 0. The number of benzene rings is 1. The molecule has 0 saturated carbocycles. The highest BCUT2D eigenvalue weighted by atomic mass is 19.1. The molecule has 37 heavy (non-hydrogen) atoms. The largest absolute Gasteiger partial charge is 0.485 e. The summed E-state index contributed by atoms with van der Waals surface area (Å²) in [6, 6.07) is 4.19. The smallest absolute Gasteiger partial charge is 0.407 e. The van der Waals surface area contributed by atoms with Crippen LogP contribution in [0.4, 0.5) is 15.0 Å². The first-order valence-electron chi connectivity index (χ1n) is 12.1. The van der Waals surface area contributed by atoms with Crippen molar-refractivity contribution in [1.82, 2.24) is 19.9 Å². The van der Waals surface area contributed by atoms with Crippen molar-refractivity contribution in [3.05, 3.63) is 53.1 Å². The molecule has 1 amide bonds. The lowest BCUT2D eigenvalue weighted by Crippen LogP contribution is -2.45. The van der Waals surface area contributed by atoms with Crippen LogP contribution in [-0.4, -0.2) is 51.0 Å². The Morgan fingerprint density at radius 1 is 1.32 bits per heavy atom. The highest BCUT2D eigenvalue weighted by Gasteiger charge is 2.38. The van der Waals surface area contributed by atoms with Crippen molar-refractivity contribution in [1.29, 1.82) is 0 Å². The number of hydrogen-bond acceptors (Lipinski definition) is 8. The third kappa shape index (κ3) is 5.92. The van der Waals surface area contributed by atoms with Crippen LogP contribution in [0.3, 0.4) is 0 Å². The number of nitrogens with zero attached hydrogens (tertiary/aromatic N) is 3. The molecule has 1 aromatic carbocycles. The number of carbonyl (C=O) groups excluding carboxylic acids is 2. The van der Waals surface area contributed by atoms with E-state index in [1.54, 1.807) is 40.0 Å². The van der Waals surface area contributed by atoms with Crippen molar-refractivity contribution < 1.29 is 28.2 Å². The van der Waals surface area contributed by atoms with E-state index in [2.05, 4.69) is 20.7 Å². The van der Waals surface area contributed by atoms with Gasteiger partial charge in [-0.25, -0.2) is 23.5 Å². The Labute approximate surface area is 214 Å². The minimum absolute atomic E-state index is 0.190. The molecule has 0 fully saturated rings. The maximum Gasteiger partial charge on any atom is 0.407 e. The lowest BCUT2D eigenvalue weighted by molar-refractivity contribution is 0.0447. The van der Waals surface area contributed by atoms with Crippen LogP contribution in [0.15, 0.2) is 30.6 Å². The summed E-state index contributed by atoms with van der Waals surface area (Å²) in [6.45, 7) is 11.2. The Kier molecular flexibility index (Phi) is 6.98. The van der Waals surface area contributed by atoms with Gasteiger partial charge in [-0.1, -0.05) is 0 Å². The molecule has 11 heteroatoms. The van der Waals surface area contributed by atoms with Crippen LogP contribution in [-0.2, 0) is 15.9 Å². The average Bonchev–Trinajstić information content (AvgIpc) is 3.36. The van der Waals surface area contributed by atoms with Crippen molar-refractivity contribution in [3.8, 4) is 5.75 Å². The van der Waals surface area contributed by atoms with Crippen molar-refractivity contribution in [2.24, 2.45) is 0 Å². The Morgan fingerprint density at radius 3 is 2.78 bits per heavy atom. The summed E-state index contributed by atoms with van der Waals surface area (Å²) in [4.78, 5) is 28.9. The number of hydrogen-bond donors (Lipinski definition) is 2. The predicted octanol–water partition coefficient (Wildman–Crippen LogP) is 4.44. The van der Waals surface area contributed by atoms with Gasteiger partial charge in [0.05, 0.1) is 25.4 Å². The number of alkyl carbamates (subject to hydrolysis) is 1. The molecule has 10 nitrogen and oxygen atoms in total. The van der Waals surface area contributed by atoms with Gasteiger partial charge in [0.1, 0.15) is 34.2 Å². The van der Waals surface area contributed by atoms with Crippen molar-refractivity contribution in [3.63, 3.8) is 0 Å². The molecule has 0 radical (unpaired) electrons. The van der Waals surface area contributed by atoms with Crippen LogP contribution in [0.2, 0.25) is 0 Å². The molecule has 0 saturated heterocycles. The van der Waals surface area contributed by atoms with E-state index in [0.717, 1.165) is 0 Å². The van der Waals surface area contributed by atoms with E-state index in [9.17, 15) is 14.0 Å². The topological polar surface area (TPSA) is 116 Å². The maximum absolute atomic E-state index is 14.6. The number of aromatic nitrogens is 3. The van der Waals surface area contributed by atoms with Crippen LogP contribution >= 0.6 is 0 Å². The number of carbonyl (C=O) groups is 2. The lowest BCUT2D eigenvalue weighted by atomic mass is 9.97. The molecule has 2 atom stereocenters. The third-order valence-electron chi connectivity index (χ3n) is 5.77. The van der Waals surface area contributed by atoms with Crippen LogP contribution in [0.25, 0.3) is 5.65 Å². The van der Waals surface area contributed by atoms with Crippen LogP contribution in [0.1, 0.15) is 69.1 Å². The normalized spacial score (nSPS) is 17.6. The van der Waals surface area contributed by atoms with E-state index in [-0.39, 0.29) is 24.5 Å². The van der Waals surface area contributed by atoms with Crippen molar-refractivity contribution in [2.45, 2.75) is 65.2 Å². The van der Waals surface area contributed by atoms with Gasteiger partial charge in [-0.2, -0.15) is 5.10 Å². The molecule has 0 aliphatic carbocycles. The number of nitrogens with one attached hydrogen (secondary N) is 2. The van der Waals surface area contributed by atoms with E-state index < -0.39 is 29.3 Å². The summed E-state index contributed by atoms with van der Waals surface area (Å²) in [5.74, 6) is 0.133. The summed E-state index contributed by atoms with van der Waals surface area (Å²) in [6.07, 6.45) is 2.95. The van der Waals surface area contributed by atoms with Gasteiger partial charge in [0.2, 0.25) is 0 Å². The minimum Gasteiger partial charge on any atom is -0.485 e. The number of amides is 1. The second kappa shape index (κ2) is 9.87. The quantitative estimate of drug-likeness (QED) is 0.446. The second-order valence-corrected chi connectivity index (χ2v) is 10.3. The first-order valence-corrected chi connectivity index (χ1v) is 12.1. The summed E-state index contributed by atoms with van der Waals surface area (Å²) in [5.41, 5.74) is 0.522. The predicted molar refractivity (Wildman–Crippen MR) is 134 cm³/mol. The van der Waals surface area contributed by atoms with Gasteiger partial charge in [0, 0.05) is 23.7 Å². The van der Waals surface area contributed by atoms with E-state index in [4.69, 9.17) is 14.2 Å². The molecule has 2 N–H and O–H groups in total. The second-order valence-electron chi connectivity index (χ2n) is 10.3. The molecule has 0 spiro atoms. The number of rotatable bonds is 7. The monoisotopic (exact) mass is 513 g/mol. The molecule has 1 aliphatic rings. The fourth-order valence-electron chi connectivity index (χ4n) is 4.21. The number of fused-ring (bicyclic) bond motifs is 2. The molecule has 3 aromatic rings. The average molecular weight is 514 g/mol. The van der Waals surface area contributed by atoms with Gasteiger partial charge < -0.3 is 24.8 Å². The Balaban J connectivity index is 1.52. The zero-order valence-corrected chi connectivity index (χ0v) is 21.8. The summed E-state index contributed by atoms with van der Waals surface area (Å²) in [5, 5.41) is 10.1. The molecule has 0 bridgehead atoms. The number of ether oxygens (including phenoxy) is 3. The third-order valence-corrected chi connectivity index (χ3v) is 5.77. The molecular formula is C26H32FN5O5. The molecule has 4 rings (SSSR count). The lowest BCUT2D eigenvalue weighted by Gasteiger charge is -2.27.